The second-order valence-corrected chi connectivity index (χ2v) is 6.55. The molecule has 23 heavy (non-hydrogen) atoms. The number of nitrogens with zero attached hydrogens (tertiary/aromatic N) is 1. The molecular weight excluding hydrogens is 284 g/mol. The second-order valence-electron chi connectivity index (χ2n) is 6.55. The lowest BCUT2D eigenvalue weighted by atomic mass is 9.98. The van der Waals surface area contributed by atoms with Gasteiger partial charge in [0.25, 0.3) is 0 Å². The molecule has 0 radical (unpaired) electrons. The summed E-state index contributed by atoms with van der Waals surface area (Å²) in [6.45, 7) is 2.80. The molecule has 2 heterocycles. The molecule has 3 nitrogen and oxygen atoms in total. The first-order valence-corrected chi connectivity index (χ1v) is 8.49. The summed E-state index contributed by atoms with van der Waals surface area (Å²) < 4.78 is 0. The van der Waals surface area contributed by atoms with E-state index in [4.69, 9.17) is 0 Å². The highest BCUT2D eigenvalue weighted by molar-refractivity contribution is 5.96. The maximum atomic E-state index is 12.5. The second kappa shape index (κ2) is 6.17. The Labute approximate surface area is 137 Å². The summed E-state index contributed by atoms with van der Waals surface area (Å²) in [5, 5.41) is 3.45. The monoisotopic (exact) mass is 306 g/mol. The molecule has 118 valence electrons. The SMILES string of the molecule is O=C1CC(c2ccccc2)CN1c1ccc2c(c1)CCCNC2. The van der Waals surface area contributed by atoms with Crippen molar-refractivity contribution in [1.82, 2.24) is 5.32 Å². The highest BCUT2D eigenvalue weighted by Gasteiger charge is 2.31. The Hall–Kier alpha value is -2.13. The lowest BCUT2D eigenvalue weighted by Crippen LogP contribution is -2.24. The fourth-order valence-corrected chi connectivity index (χ4v) is 3.72. The Morgan fingerprint density at radius 2 is 1.91 bits per heavy atom. The summed E-state index contributed by atoms with van der Waals surface area (Å²) >= 11 is 0. The van der Waals surface area contributed by atoms with E-state index in [9.17, 15) is 4.79 Å². The Bertz CT molecular complexity index is 711. The van der Waals surface area contributed by atoms with Gasteiger partial charge in [0.1, 0.15) is 0 Å². The normalized spacial score (nSPS) is 21.1. The van der Waals surface area contributed by atoms with Gasteiger partial charge in [0, 0.05) is 31.1 Å². The average Bonchev–Trinajstić information content (AvgIpc) is 2.83. The number of hydrogen-bond donors (Lipinski definition) is 1. The molecule has 1 unspecified atom stereocenters. The van der Waals surface area contributed by atoms with E-state index in [1.165, 1.54) is 16.7 Å². The van der Waals surface area contributed by atoms with Crippen molar-refractivity contribution in [3.8, 4) is 0 Å². The molecule has 1 amide bonds. The van der Waals surface area contributed by atoms with E-state index in [-0.39, 0.29) is 5.91 Å². The van der Waals surface area contributed by atoms with E-state index in [0.717, 1.165) is 38.2 Å². The Morgan fingerprint density at radius 1 is 1.04 bits per heavy atom. The van der Waals surface area contributed by atoms with Crippen molar-refractivity contribution in [2.45, 2.75) is 31.7 Å². The van der Waals surface area contributed by atoms with Crippen LogP contribution >= 0.6 is 0 Å². The number of carbonyl (C=O) groups is 1. The molecule has 2 aromatic rings. The zero-order chi connectivity index (χ0) is 15.6. The molecule has 4 rings (SSSR count). The lowest BCUT2D eigenvalue weighted by Gasteiger charge is -2.19. The van der Waals surface area contributed by atoms with Gasteiger partial charge in [-0.3, -0.25) is 4.79 Å². The van der Waals surface area contributed by atoms with E-state index >= 15 is 0 Å². The van der Waals surface area contributed by atoms with Gasteiger partial charge in [-0.25, -0.2) is 0 Å². The standard InChI is InChI=1S/C20H22N2O/c23-20-12-18(15-5-2-1-3-6-15)14-22(20)19-9-8-17-13-21-10-4-7-16(17)11-19/h1-3,5-6,8-9,11,18,21H,4,7,10,12-14H2. The van der Waals surface area contributed by atoms with Crippen molar-refractivity contribution in [2.24, 2.45) is 0 Å². The molecule has 1 atom stereocenters. The maximum absolute atomic E-state index is 12.5. The molecule has 1 saturated heterocycles. The van der Waals surface area contributed by atoms with Crippen LogP contribution in [0.5, 0.6) is 0 Å². The van der Waals surface area contributed by atoms with Crippen LogP contribution in [-0.2, 0) is 17.8 Å². The van der Waals surface area contributed by atoms with Gasteiger partial charge >= 0.3 is 0 Å². The summed E-state index contributed by atoms with van der Waals surface area (Å²) in [4.78, 5) is 14.5. The molecule has 2 aliphatic rings. The van der Waals surface area contributed by atoms with Crippen LogP contribution in [0.4, 0.5) is 5.69 Å². The first-order valence-electron chi connectivity index (χ1n) is 8.49. The minimum Gasteiger partial charge on any atom is -0.313 e. The van der Waals surface area contributed by atoms with Crippen LogP contribution in [0.3, 0.4) is 0 Å². The van der Waals surface area contributed by atoms with E-state index < -0.39 is 0 Å². The first-order chi connectivity index (χ1) is 11.3. The highest BCUT2D eigenvalue weighted by Crippen LogP contribution is 2.33. The summed E-state index contributed by atoms with van der Waals surface area (Å²) in [7, 11) is 0. The molecule has 0 bridgehead atoms. The lowest BCUT2D eigenvalue weighted by molar-refractivity contribution is -0.117. The van der Waals surface area contributed by atoms with Gasteiger partial charge in [-0.15, -0.1) is 0 Å². The highest BCUT2D eigenvalue weighted by atomic mass is 16.2. The maximum Gasteiger partial charge on any atom is 0.227 e. The van der Waals surface area contributed by atoms with Crippen molar-refractivity contribution >= 4 is 11.6 Å². The molecule has 1 N–H and O–H groups in total. The number of rotatable bonds is 2. The van der Waals surface area contributed by atoms with Gasteiger partial charge < -0.3 is 10.2 Å². The molecular formula is C20H22N2O. The van der Waals surface area contributed by atoms with E-state index in [1.54, 1.807) is 0 Å². The van der Waals surface area contributed by atoms with Crippen LogP contribution in [0, 0.1) is 0 Å². The summed E-state index contributed by atoms with van der Waals surface area (Å²) in [5.74, 6) is 0.551. The number of anilines is 1. The third kappa shape index (κ3) is 2.89. The van der Waals surface area contributed by atoms with Gasteiger partial charge in [0.05, 0.1) is 0 Å². The van der Waals surface area contributed by atoms with E-state index in [1.807, 2.05) is 11.0 Å². The largest absolute Gasteiger partial charge is 0.313 e. The quantitative estimate of drug-likeness (QED) is 0.924. The number of benzene rings is 2. The predicted octanol–water partition coefficient (Wildman–Crippen LogP) is 3.24. The zero-order valence-electron chi connectivity index (χ0n) is 13.3. The minimum absolute atomic E-state index is 0.241. The summed E-state index contributed by atoms with van der Waals surface area (Å²) in [6, 6.07) is 16.9. The van der Waals surface area contributed by atoms with Crippen LogP contribution in [-0.4, -0.2) is 19.0 Å². The van der Waals surface area contributed by atoms with Crippen molar-refractivity contribution < 1.29 is 4.79 Å². The molecule has 3 heteroatoms. The molecule has 2 aromatic carbocycles. The van der Waals surface area contributed by atoms with Crippen LogP contribution in [0.15, 0.2) is 48.5 Å². The third-order valence-corrected chi connectivity index (χ3v) is 5.01. The molecule has 0 spiro atoms. The number of hydrogen-bond acceptors (Lipinski definition) is 2. The molecule has 0 aromatic heterocycles. The summed E-state index contributed by atoms with van der Waals surface area (Å²) in [6.07, 6.45) is 2.88. The third-order valence-electron chi connectivity index (χ3n) is 5.01. The fourth-order valence-electron chi connectivity index (χ4n) is 3.72. The number of nitrogens with one attached hydrogen (secondary N) is 1. The van der Waals surface area contributed by atoms with Gasteiger partial charge in [-0.05, 0) is 48.2 Å². The number of aryl methyl sites for hydroxylation is 1. The fraction of sp³-hybridized carbons (Fsp3) is 0.350. The van der Waals surface area contributed by atoms with Crippen LogP contribution < -0.4 is 10.2 Å². The molecule has 2 aliphatic heterocycles. The van der Waals surface area contributed by atoms with Crippen molar-refractivity contribution in [1.29, 1.82) is 0 Å². The van der Waals surface area contributed by atoms with Crippen LogP contribution in [0.1, 0.15) is 35.4 Å². The Morgan fingerprint density at radius 3 is 2.78 bits per heavy atom. The van der Waals surface area contributed by atoms with E-state index in [2.05, 4.69) is 47.8 Å². The van der Waals surface area contributed by atoms with Gasteiger partial charge in [0.15, 0.2) is 0 Å². The van der Waals surface area contributed by atoms with Crippen LogP contribution in [0.25, 0.3) is 0 Å². The Kier molecular flexibility index (Phi) is 3.88. The van der Waals surface area contributed by atoms with Gasteiger partial charge in [-0.2, -0.15) is 0 Å². The van der Waals surface area contributed by atoms with Crippen molar-refractivity contribution in [3.63, 3.8) is 0 Å². The number of fused-ring (bicyclic) bond motifs is 1. The predicted molar refractivity (Wildman–Crippen MR) is 92.6 cm³/mol. The van der Waals surface area contributed by atoms with Gasteiger partial charge in [0.2, 0.25) is 5.91 Å². The smallest absolute Gasteiger partial charge is 0.227 e. The Balaban J connectivity index is 1.59. The summed E-state index contributed by atoms with van der Waals surface area (Å²) in [5.41, 5.74) is 5.09. The van der Waals surface area contributed by atoms with Crippen LogP contribution in [0.2, 0.25) is 0 Å². The topological polar surface area (TPSA) is 32.3 Å². The zero-order valence-corrected chi connectivity index (χ0v) is 13.3. The molecule has 0 aliphatic carbocycles. The van der Waals surface area contributed by atoms with Crippen molar-refractivity contribution in [2.75, 3.05) is 18.0 Å². The molecule has 1 fully saturated rings. The minimum atomic E-state index is 0.241. The van der Waals surface area contributed by atoms with E-state index in [0.29, 0.717) is 12.3 Å². The average molecular weight is 306 g/mol. The first kappa shape index (κ1) is 14.5. The van der Waals surface area contributed by atoms with Crippen molar-refractivity contribution in [3.05, 3.63) is 65.2 Å². The molecule has 0 saturated carbocycles. The number of amides is 1. The van der Waals surface area contributed by atoms with Gasteiger partial charge in [-0.1, -0.05) is 36.4 Å². The number of carbonyl (C=O) groups excluding carboxylic acids is 1.